The van der Waals surface area contributed by atoms with E-state index >= 15 is 0 Å². The van der Waals surface area contributed by atoms with Gasteiger partial charge in [-0.05, 0) is 30.0 Å². The Morgan fingerprint density at radius 1 is 1.47 bits per heavy atom. The largest absolute Gasteiger partial charge is 0.326 e. The van der Waals surface area contributed by atoms with Gasteiger partial charge in [0.2, 0.25) is 5.91 Å². The van der Waals surface area contributed by atoms with Crippen molar-refractivity contribution >= 4 is 11.6 Å². The van der Waals surface area contributed by atoms with E-state index in [9.17, 15) is 4.79 Å². The maximum Gasteiger partial charge on any atom is 0.224 e. The molecule has 0 saturated carbocycles. The molecule has 1 heterocycles. The first-order chi connectivity index (χ1) is 8.19. The lowest BCUT2D eigenvalue weighted by atomic mass is 9.99. The van der Waals surface area contributed by atoms with Crippen molar-refractivity contribution in [3.63, 3.8) is 0 Å². The van der Waals surface area contributed by atoms with Crippen molar-refractivity contribution in [2.24, 2.45) is 0 Å². The van der Waals surface area contributed by atoms with Crippen LogP contribution in [0.4, 0.5) is 5.69 Å². The summed E-state index contributed by atoms with van der Waals surface area (Å²) < 4.78 is 0. The average Bonchev–Trinajstić information content (AvgIpc) is 2.35. The summed E-state index contributed by atoms with van der Waals surface area (Å²) in [6.07, 6.45) is 4.30. The number of carbonyl (C=O) groups is 1. The van der Waals surface area contributed by atoms with Crippen molar-refractivity contribution < 1.29 is 4.79 Å². The average molecular weight is 229 g/mol. The van der Waals surface area contributed by atoms with Crippen molar-refractivity contribution in [1.82, 2.24) is 4.90 Å². The molecule has 1 aromatic rings. The minimum Gasteiger partial charge on any atom is -0.326 e. The Hall–Kier alpha value is -2.02. The molecule has 0 aliphatic carbocycles. The second-order valence-electron chi connectivity index (χ2n) is 4.31. The normalized spacial score (nSPS) is 13.5. The summed E-state index contributed by atoms with van der Waals surface area (Å²) in [5.74, 6) is 0.0921. The molecule has 0 saturated heterocycles. The number of amides is 1. The molecule has 0 fully saturated rings. The zero-order valence-electron chi connectivity index (χ0n) is 9.86. The van der Waals surface area contributed by atoms with Crippen LogP contribution >= 0.6 is 0 Å². The van der Waals surface area contributed by atoms with Crippen LogP contribution in [0.25, 0.3) is 0 Å². The number of carbonyl (C=O) groups excluding carboxylic acids is 1. The number of likely N-dealkylation sites (N-methyl/N-ethyl adjacent to an activating group) is 1. The Balaban J connectivity index is 2.07. The van der Waals surface area contributed by atoms with E-state index in [0.29, 0.717) is 6.42 Å². The highest BCUT2D eigenvalue weighted by Gasteiger charge is 2.14. The summed E-state index contributed by atoms with van der Waals surface area (Å²) in [6, 6.07) is 6.09. The molecule has 2 rings (SSSR count). The molecule has 0 spiro atoms. The van der Waals surface area contributed by atoms with Gasteiger partial charge in [-0.3, -0.25) is 4.79 Å². The van der Waals surface area contributed by atoms with Crippen LogP contribution in [0.15, 0.2) is 18.2 Å². The number of nitrogens with one attached hydrogen (secondary N) is 1. The van der Waals surface area contributed by atoms with E-state index in [2.05, 4.69) is 17.6 Å². The number of hydrogen-bond acceptors (Lipinski definition) is 3. The van der Waals surface area contributed by atoms with Crippen molar-refractivity contribution in [2.45, 2.75) is 19.3 Å². The fourth-order valence-corrected chi connectivity index (χ4v) is 1.94. The highest BCUT2D eigenvalue weighted by molar-refractivity contribution is 5.93. The predicted octanol–water partition coefficient (Wildman–Crippen LogP) is 1.53. The number of fused-ring (bicyclic) bond motifs is 1. The van der Waals surface area contributed by atoms with Crippen LogP contribution in [0, 0.1) is 11.5 Å². The van der Waals surface area contributed by atoms with E-state index in [1.165, 1.54) is 11.1 Å². The monoisotopic (exact) mass is 229 g/mol. The minimum atomic E-state index is 0.0921. The third-order valence-electron chi connectivity index (χ3n) is 2.97. The Morgan fingerprint density at radius 3 is 3.06 bits per heavy atom. The summed E-state index contributed by atoms with van der Waals surface area (Å²) in [5.41, 5.74) is 3.34. The molecule has 0 bridgehead atoms. The topological polar surface area (TPSA) is 56.1 Å². The van der Waals surface area contributed by atoms with Gasteiger partial charge in [0, 0.05) is 25.7 Å². The molecule has 88 valence electrons. The molecule has 4 nitrogen and oxygen atoms in total. The summed E-state index contributed by atoms with van der Waals surface area (Å²) in [5, 5.41) is 11.5. The van der Waals surface area contributed by atoms with E-state index in [-0.39, 0.29) is 5.91 Å². The number of benzene rings is 1. The number of anilines is 1. The second kappa shape index (κ2) is 4.88. The van der Waals surface area contributed by atoms with Crippen LogP contribution in [0.3, 0.4) is 0 Å². The molecule has 1 aromatic carbocycles. The van der Waals surface area contributed by atoms with Crippen LogP contribution in [-0.2, 0) is 17.6 Å². The van der Waals surface area contributed by atoms with Gasteiger partial charge < -0.3 is 10.2 Å². The van der Waals surface area contributed by atoms with E-state index in [0.717, 1.165) is 25.1 Å². The number of rotatable bonds is 3. The van der Waals surface area contributed by atoms with Gasteiger partial charge in [0.25, 0.3) is 0 Å². The molecule has 0 radical (unpaired) electrons. The van der Waals surface area contributed by atoms with Crippen molar-refractivity contribution in [3.05, 3.63) is 29.3 Å². The molecular formula is C13H15N3O. The first kappa shape index (κ1) is 11.5. The van der Waals surface area contributed by atoms with Gasteiger partial charge in [0.05, 0.1) is 0 Å². The first-order valence-corrected chi connectivity index (χ1v) is 5.71. The zero-order valence-corrected chi connectivity index (χ0v) is 9.86. The molecule has 1 aliphatic rings. The molecule has 1 aliphatic heterocycles. The zero-order chi connectivity index (χ0) is 12.3. The van der Waals surface area contributed by atoms with Crippen molar-refractivity contribution in [2.75, 3.05) is 18.9 Å². The smallest absolute Gasteiger partial charge is 0.224 e. The molecule has 0 atom stereocenters. The number of hydrogen-bond donors (Lipinski definition) is 1. The number of aryl methyl sites for hydroxylation is 1. The van der Waals surface area contributed by atoms with E-state index in [1.807, 2.05) is 12.1 Å². The third-order valence-corrected chi connectivity index (χ3v) is 2.97. The fraction of sp³-hybridized carbons (Fsp3) is 0.385. The van der Waals surface area contributed by atoms with E-state index < -0.39 is 0 Å². The molecule has 4 heteroatoms. The van der Waals surface area contributed by atoms with Crippen LogP contribution in [0.1, 0.15) is 17.5 Å². The van der Waals surface area contributed by atoms with Gasteiger partial charge in [0.1, 0.15) is 0 Å². The van der Waals surface area contributed by atoms with Crippen molar-refractivity contribution in [3.8, 4) is 6.19 Å². The molecule has 0 aromatic heterocycles. The lowest BCUT2D eigenvalue weighted by molar-refractivity contribution is -0.116. The summed E-state index contributed by atoms with van der Waals surface area (Å²) in [4.78, 5) is 12.8. The van der Waals surface area contributed by atoms with E-state index in [1.54, 1.807) is 11.9 Å². The number of nitrogens with zero attached hydrogens (tertiary/aromatic N) is 2. The third kappa shape index (κ3) is 2.76. The van der Waals surface area contributed by atoms with Gasteiger partial charge >= 0.3 is 0 Å². The highest BCUT2D eigenvalue weighted by Crippen LogP contribution is 2.23. The van der Waals surface area contributed by atoms with Crippen LogP contribution in [-0.4, -0.2) is 24.4 Å². The standard InChI is InChI=1S/C13H15N3O/c1-16(9-14)7-6-10-2-4-12-11(8-10)3-5-13(17)15-12/h2,4,8H,3,5-7H2,1H3,(H,15,17). The van der Waals surface area contributed by atoms with E-state index in [4.69, 9.17) is 5.26 Å². The van der Waals surface area contributed by atoms with Gasteiger partial charge in [-0.25, -0.2) is 0 Å². The quantitative estimate of drug-likeness (QED) is 0.631. The molecule has 1 amide bonds. The Bertz CT molecular complexity index is 476. The first-order valence-electron chi connectivity index (χ1n) is 5.71. The molecule has 1 N–H and O–H groups in total. The maximum absolute atomic E-state index is 11.2. The lowest BCUT2D eigenvalue weighted by Crippen LogP contribution is -2.19. The van der Waals surface area contributed by atoms with Gasteiger partial charge in [-0.1, -0.05) is 12.1 Å². The summed E-state index contributed by atoms with van der Waals surface area (Å²) >= 11 is 0. The van der Waals surface area contributed by atoms with Gasteiger partial charge in [-0.2, -0.15) is 5.26 Å². The maximum atomic E-state index is 11.2. The van der Waals surface area contributed by atoms with Gasteiger partial charge in [0.15, 0.2) is 6.19 Å². The minimum absolute atomic E-state index is 0.0921. The molecule has 17 heavy (non-hydrogen) atoms. The summed E-state index contributed by atoms with van der Waals surface area (Å²) in [6.45, 7) is 0.724. The SMILES string of the molecule is CN(C#N)CCc1ccc2c(c1)CCC(=O)N2. The van der Waals surface area contributed by atoms with Crippen LogP contribution in [0.2, 0.25) is 0 Å². The molecule has 0 unspecified atom stereocenters. The van der Waals surface area contributed by atoms with Gasteiger partial charge in [-0.15, -0.1) is 0 Å². The lowest BCUT2D eigenvalue weighted by Gasteiger charge is -2.18. The number of nitriles is 1. The summed E-state index contributed by atoms with van der Waals surface area (Å²) in [7, 11) is 1.78. The van der Waals surface area contributed by atoms with Crippen LogP contribution in [0.5, 0.6) is 0 Å². The highest BCUT2D eigenvalue weighted by atomic mass is 16.1. The molecular weight excluding hydrogens is 214 g/mol. The fourth-order valence-electron chi connectivity index (χ4n) is 1.94. The van der Waals surface area contributed by atoms with Crippen molar-refractivity contribution in [1.29, 1.82) is 5.26 Å². The Morgan fingerprint density at radius 2 is 2.29 bits per heavy atom. The second-order valence-corrected chi connectivity index (χ2v) is 4.31. The predicted molar refractivity (Wildman–Crippen MR) is 65.3 cm³/mol. The van der Waals surface area contributed by atoms with Crippen LogP contribution < -0.4 is 5.32 Å². The Kier molecular flexibility index (Phi) is 3.29. The Labute approximate surface area is 101 Å².